The van der Waals surface area contributed by atoms with Gasteiger partial charge in [-0.3, -0.25) is 4.79 Å². The SMILES string of the molecule is [2H]OC1C=C[C](C[C@@H](C(=O)O)N([2H])[2H])C=C1. The van der Waals surface area contributed by atoms with Crippen LogP contribution < -0.4 is 5.72 Å². The minimum Gasteiger partial charge on any atom is -0.480 e. The molecule has 1 radical (unpaired) electrons. The summed E-state index contributed by atoms with van der Waals surface area (Å²) in [6.45, 7) is 0. The molecule has 1 aliphatic rings. The van der Waals surface area contributed by atoms with Gasteiger partial charge in [-0.2, -0.15) is 0 Å². The van der Waals surface area contributed by atoms with Crippen molar-refractivity contribution in [2.24, 2.45) is 5.72 Å². The molecule has 4 N–H and O–H groups in total. The summed E-state index contributed by atoms with van der Waals surface area (Å²) < 4.78 is 20.6. The Balaban J connectivity index is 2.55. The third-order valence-corrected chi connectivity index (χ3v) is 1.71. The lowest BCUT2D eigenvalue weighted by Crippen LogP contribution is -2.31. The van der Waals surface area contributed by atoms with E-state index >= 15 is 0 Å². The zero-order valence-corrected chi connectivity index (χ0v) is 6.88. The minimum absolute atomic E-state index is 0.0695. The number of allylic oxidation sites excluding steroid dienone is 2. The van der Waals surface area contributed by atoms with E-state index in [-0.39, 0.29) is 12.1 Å². The van der Waals surface area contributed by atoms with Crippen molar-refractivity contribution in [3.05, 3.63) is 30.2 Å². The standard InChI is InChI=1S/C9H12NO3/c10-8(9(12)13)5-6-1-3-7(11)4-2-6/h1-4,7-8,11H,5,10H2,(H,12,13)/t8-/m0/s1/i11D/hD2. The van der Waals surface area contributed by atoms with E-state index in [1.807, 2.05) is 0 Å². The van der Waals surface area contributed by atoms with Crippen LogP contribution in [0.3, 0.4) is 0 Å². The summed E-state index contributed by atoms with van der Waals surface area (Å²) in [7, 11) is 0. The first-order valence-electron chi connectivity index (χ1n) is 5.19. The van der Waals surface area contributed by atoms with Crippen LogP contribution in [0.1, 0.15) is 6.42 Å². The van der Waals surface area contributed by atoms with Gasteiger partial charge in [0.15, 0.2) is 0 Å². The Bertz CT molecular complexity index is 292. The van der Waals surface area contributed by atoms with E-state index in [0.717, 1.165) is 0 Å². The molecule has 0 spiro atoms. The van der Waals surface area contributed by atoms with E-state index in [0.29, 0.717) is 5.92 Å². The molecule has 0 saturated heterocycles. The normalized spacial score (nSPS) is 23.9. The van der Waals surface area contributed by atoms with Gasteiger partial charge in [-0.1, -0.05) is 24.3 Å². The molecule has 0 bridgehead atoms. The first kappa shape index (κ1) is 6.34. The summed E-state index contributed by atoms with van der Waals surface area (Å²) in [6, 6.07) is -1.20. The van der Waals surface area contributed by atoms with Crippen LogP contribution in [0, 0.1) is 5.92 Å². The van der Waals surface area contributed by atoms with Crippen molar-refractivity contribution >= 4 is 5.97 Å². The monoisotopic (exact) mass is 185 g/mol. The number of hydrogen-bond donors (Lipinski definition) is 3. The van der Waals surface area contributed by atoms with Gasteiger partial charge in [-0.15, -0.1) is 0 Å². The lowest BCUT2D eigenvalue weighted by Gasteiger charge is -2.14. The second-order valence-electron chi connectivity index (χ2n) is 2.82. The summed E-state index contributed by atoms with van der Waals surface area (Å²) in [5.41, 5.74) is 0.171. The van der Waals surface area contributed by atoms with Gasteiger partial charge in [0.1, 0.15) is 8.87 Å². The molecular formula is C9H12NO3. The Hall–Kier alpha value is -1.13. The molecule has 0 aromatic rings. The van der Waals surface area contributed by atoms with Crippen molar-refractivity contribution in [3.63, 3.8) is 0 Å². The zero-order valence-electron chi connectivity index (χ0n) is 9.88. The van der Waals surface area contributed by atoms with Crippen molar-refractivity contribution in [1.82, 2.24) is 0 Å². The van der Waals surface area contributed by atoms with Crippen LogP contribution in [0.15, 0.2) is 24.3 Å². The van der Waals surface area contributed by atoms with Gasteiger partial charge >= 0.3 is 5.97 Å². The van der Waals surface area contributed by atoms with Crippen LogP contribution in [0.25, 0.3) is 0 Å². The van der Waals surface area contributed by atoms with Crippen LogP contribution in [0.4, 0.5) is 0 Å². The molecule has 0 unspecified atom stereocenters. The highest BCUT2D eigenvalue weighted by Gasteiger charge is 2.17. The Morgan fingerprint density at radius 3 is 2.92 bits per heavy atom. The molecule has 1 aliphatic carbocycles. The number of carboxylic acid groups (broad SMARTS) is 1. The third-order valence-electron chi connectivity index (χ3n) is 1.71. The van der Waals surface area contributed by atoms with Gasteiger partial charge in [-0.25, -0.2) is 0 Å². The topological polar surface area (TPSA) is 83.5 Å². The third kappa shape index (κ3) is 3.01. The summed E-state index contributed by atoms with van der Waals surface area (Å²) in [6.07, 6.45) is 6.14. The Labute approximate surface area is 80.8 Å². The molecule has 1 rings (SSSR count). The number of aliphatic hydroxyl groups excluding tert-OH is 1. The molecule has 4 heteroatoms. The average Bonchev–Trinajstić information content (AvgIpc) is 2.25. The predicted molar refractivity (Wildman–Crippen MR) is 47.8 cm³/mol. The molecule has 0 aliphatic heterocycles. The fourth-order valence-corrected chi connectivity index (χ4v) is 1.00. The van der Waals surface area contributed by atoms with Crippen LogP contribution in [-0.4, -0.2) is 29.8 Å². The molecule has 0 saturated carbocycles. The number of nitrogens with two attached hydrogens (primary N) is 1. The number of carboxylic acids is 1. The summed E-state index contributed by atoms with van der Waals surface area (Å²) in [5, 5.41) is 13.1. The predicted octanol–water partition coefficient (Wildman–Crippen LogP) is -0.150. The second kappa shape index (κ2) is 4.20. The van der Waals surface area contributed by atoms with Gasteiger partial charge in [0.25, 0.3) is 0 Å². The van der Waals surface area contributed by atoms with Crippen molar-refractivity contribution in [1.29, 1.82) is 1.43 Å². The molecule has 0 aromatic carbocycles. The van der Waals surface area contributed by atoms with Crippen LogP contribution in [0.5, 0.6) is 0 Å². The van der Waals surface area contributed by atoms with Gasteiger partial charge < -0.3 is 15.9 Å². The van der Waals surface area contributed by atoms with E-state index in [9.17, 15) is 4.79 Å². The number of hydrogen-bond acceptors (Lipinski definition) is 3. The Kier molecular flexibility index (Phi) is 2.05. The van der Waals surface area contributed by atoms with Crippen molar-refractivity contribution in [2.75, 3.05) is 0 Å². The van der Waals surface area contributed by atoms with Gasteiger partial charge in [0.2, 0.25) is 1.43 Å². The van der Waals surface area contributed by atoms with Crippen LogP contribution in [0.2, 0.25) is 2.82 Å². The molecule has 0 heterocycles. The van der Waals surface area contributed by atoms with E-state index in [2.05, 4.69) is 5.11 Å². The Morgan fingerprint density at radius 1 is 1.77 bits per heavy atom. The van der Waals surface area contributed by atoms with E-state index in [4.69, 9.17) is 9.36 Å². The number of aliphatic carboxylic acids is 1. The highest BCUT2D eigenvalue weighted by Crippen LogP contribution is 2.17. The molecular weight excluding hydrogens is 170 g/mol. The fourth-order valence-electron chi connectivity index (χ4n) is 1.00. The summed E-state index contributed by atoms with van der Waals surface area (Å²) in [5.74, 6) is -0.525. The highest BCUT2D eigenvalue weighted by atomic mass is 16.4. The van der Waals surface area contributed by atoms with Gasteiger partial charge in [-0.05, 0) is 6.42 Å². The molecule has 1 atom stereocenters. The smallest absolute Gasteiger partial charge is 0.320 e. The fraction of sp³-hybridized carbons (Fsp3) is 0.333. The average molecular weight is 185 g/mol. The number of carbonyl (C=O) groups is 1. The highest BCUT2D eigenvalue weighted by molar-refractivity contribution is 5.73. The maximum absolute atomic E-state index is 10.7. The summed E-state index contributed by atoms with van der Waals surface area (Å²) in [4.78, 5) is 10.7. The first-order valence-corrected chi connectivity index (χ1v) is 3.88. The van der Waals surface area contributed by atoms with Crippen molar-refractivity contribution < 1.29 is 17.8 Å². The quantitative estimate of drug-likeness (QED) is 0.556. The zero-order chi connectivity index (χ0) is 12.1. The summed E-state index contributed by atoms with van der Waals surface area (Å²) >= 11 is 0. The molecule has 4 nitrogen and oxygen atoms in total. The van der Waals surface area contributed by atoms with E-state index in [1.54, 1.807) is 24.3 Å². The second-order valence-corrected chi connectivity index (χ2v) is 2.82. The molecule has 71 valence electrons. The maximum atomic E-state index is 10.7. The first-order chi connectivity index (χ1) is 7.54. The molecule has 0 aromatic heterocycles. The number of rotatable bonds is 5. The Morgan fingerprint density at radius 2 is 2.46 bits per heavy atom. The van der Waals surface area contributed by atoms with E-state index in [1.165, 1.54) is 0 Å². The van der Waals surface area contributed by atoms with Gasteiger partial charge in [0.05, 0.1) is 6.10 Å². The van der Waals surface area contributed by atoms with Gasteiger partial charge in [0, 0.05) is 5.92 Å². The molecule has 13 heavy (non-hydrogen) atoms. The van der Waals surface area contributed by atoms with E-state index < -0.39 is 18.1 Å². The number of aliphatic hydroxyl groups is 1. The van der Waals surface area contributed by atoms with Crippen molar-refractivity contribution in [3.8, 4) is 0 Å². The molecule has 0 amide bonds. The van der Waals surface area contributed by atoms with Crippen LogP contribution in [-0.2, 0) is 4.79 Å². The lowest BCUT2D eigenvalue weighted by atomic mass is 9.95. The lowest BCUT2D eigenvalue weighted by molar-refractivity contribution is -0.138. The van der Waals surface area contributed by atoms with Crippen LogP contribution >= 0.6 is 0 Å². The van der Waals surface area contributed by atoms with Crippen molar-refractivity contribution in [2.45, 2.75) is 18.6 Å². The molecule has 0 fully saturated rings. The minimum atomic E-state index is -1.21. The largest absolute Gasteiger partial charge is 0.480 e. The maximum Gasteiger partial charge on any atom is 0.320 e.